The number of sulfonamides is 1. The highest BCUT2D eigenvalue weighted by Gasteiger charge is 2.22. The van der Waals surface area contributed by atoms with Crippen molar-refractivity contribution < 1.29 is 18.0 Å². The average Bonchev–Trinajstić information content (AvgIpc) is 2.81. The summed E-state index contributed by atoms with van der Waals surface area (Å²) in [5.41, 5.74) is 2.49. The van der Waals surface area contributed by atoms with E-state index in [0.717, 1.165) is 5.56 Å². The van der Waals surface area contributed by atoms with Crippen molar-refractivity contribution in [2.75, 3.05) is 17.8 Å². The number of hydrogen-bond donors (Lipinski definition) is 3. The summed E-state index contributed by atoms with van der Waals surface area (Å²) in [6.45, 7) is 8.31. The third-order valence-corrected chi connectivity index (χ3v) is 6.98. The number of nitrogens with one attached hydrogen (secondary N) is 3. The number of amides is 2. The molecule has 0 radical (unpaired) electrons. The maximum absolute atomic E-state index is 13.1. The highest BCUT2D eigenvalue weighted by molar-refractivity contribution is 7.92. The van der Waals surface area contributed by atoms with E-state index in [0.29, 0.717) is 16.7 Å². The average molecular weight is 494 g/mol. The molecule has 0 heterocycles. The van der Waals surface area contributed by atoms with Crippen molar-refractivity contribution in [2.45, 2.75) is 38.0 Å². The summed E-state index contributed by atoms with van der Waals surface area (Å²) in [6, 6.07) is 20.5. The van der Waals surface area contributed by atoms with Gasteiger partial charge in [0.05, 0.1) is 4.90 Å². The minimum Gasteiger partial charge on any atom is -0.350 e. The number of hydrogen-bond acceptors (Lipinski definition) is 4. The van der Waals surface area contributed by atoms with Crippen molar-refractivity contribution in [2.24, 2.45) is 0 Å². The predicted octanol–water partition coefficient (Wildman–Crippen LogP) is 4.25. The van der Waals surface area contributed by atoms with Gasteiger partial charge < -0.3 is 10.6 Å². The number of rotatable bonds is 8. The van der Waals surface area contributed by atoms with Crippen molar-refractivity contribution in [1.29, 1.82) is 0 Å². The summed E-state index contributed by atoms with van der Waals surface area (Å²) >= 11 is 0. The molecule has 3 rings (SSSR count). The quantitative estimate of drug-likeness (QED) is 0.408. The third kappa shape index (κ3) is 6.93. The molecule has 3 N–H and O–H groups in total. The second kappa shape index (κ2) is 10.7. The van der Waals surface area contributed by atoms with Gasteiger partial charge in [0.15, 0.2) is 0 Å². The number of aryl methyl sites for hydroxylation is 1. The molecule has 0 saturated heterocycles. The van der Waals surface area contributed by atoms with Gasteiger partial charge in [0.1, 0.15) is 0 Å². The molecule has 7 nitrogen and oxygen atoms in total. The van der Waals surface area contributed by atoms with Crippen LogP contribution in [0.15, 0.2) is 77.7 Å². The van der Waals surface area contributed by atoms with Gasteiger partial charge in [0.25, 0.3) is 21.8 Å². The fraction of sp³-hybridized carbons (Fsp3) is 0.259. The van der Waals surface area contributed by atoms with E-state index in [-0.39, 0.29) is 40.9 Å². The maximum atomic E-state index is 13.1. The minimum absolute atomic E-state index is 0.198. The van der Waals surface area contributed by atoms with Gasteiger partial charge in [-0.15, -0.1) is 0 Å². The summed E-state index contributed by atoms with van der Waals surface area (Å²) < 4.78 is 28.8. The van der Waals surface area contributed by atoms with Crippen molar-refractivity contribution >= 4 is 27.5 Å². The Balaban J connectivity index is 1.63. The summed E-state index contributed by atoms with van der Waals surface area (Å²) in [6.07, 6.45) is 0. The van der Waals surface area contributed by atoms with Gasteiger partial charge in [0, 0.05) is 29.9 Å². The Morgan fingerprint density at radius 3 is 2.00 bits per heavy atom. The summed E-state index contributed by atoms with van der Waals surface area (Å²) in [7, 11) is -3.86. The molecule has 0 unspecified atom stereocenters. The molecule has 2 amide bonds. The molecule has 3 aromatic rings. The highest BCUT2D eigenvalue weighted by atomic mass is 32.2. The van der Waals surface area contributed by atoms with Crippen LogP contribution in [0, 0.1) is 6.92 Å². The van der Waals surface area contributed by atoms with Crippen molar-refractivity contribution in [3.8, 4) is 0 Å². The Labute approximate surface area is 207 Å². The minimum atomic E-state index is -3.86. The monoisotopic (exact) mass is 493 g/mol. The Bertz CT molecular complexity index is 1310. The van der Waals surface area contributed by atoms with Crippen molar-refractivity contribution in [3.63, 3.8) is 0 Å². The van der Waals surface area contributed by atoms with Gasteiger partial charge in [-0.05, 0) is 59.9 Å². The molecule has 0 aliphatic heterocycles. The lowest BCUT2D eigenvalue weighted by molar-refractivity contribution is 0.0927. The first-order chi connectivity index (χ1) is 16.5. The number of benzene rings is 3. The maximum Gasteiger partial charge on any atom is 0.262 e. The van der Waals surface area contributed by atoms with E-state index in [2.05, 4.69) is 15.4 Å². The van der Waals surface area contributed by atoms with E-state index in [1.54, 1.807) is 61.5 Å². The standard InChI is InChI=1S/C27H31N3O4S/c1-19-13-14-22(27(2,3)4)18-24(19)35(33,34)30-23-12-8-11-21(17-23)26(32)29-16-15-28-25(31)20-9-6-5-7-10-20/h5-14,17-18,30H,15-16H2,1-4H3,(H,28,31)(H,29,32). The molecular formula is C27H31N3O4S. The molecule has 0 spiro atoms. The Morgan fingerprint density at radius 2 is 1.37 bits per heavy atom. The van der Waals surface area contributed by atoms with E-state index < -0.39 is 10.0 Å². The van der Waals surface area contributed by atoms with Crippen LogP contribution in [0.25, 0.3) is 0 Å². The third-order valence-electron chi connectivity index (χ3n) is 5.45. The van der Waals surface area contributed by atoms with Crippen LogP contribution in [0.2, 0.25) is 0 Å². The Hall–Kier alpha value is -3.65. The molecule has 0 fully saturated rings. The van der Waals surface area contributed by atoms with Crippen LogP contribution in [0.3, 0.4) is 0 Å². The van der Waals surface area contributed by atoms with Gasteiger partial charge in [-0.3, -0.25) is 14.3 Å². The first-order valence-corrected chi connectivity index (χ1v) is 12.8. The molecule has 0 atom stereocenters. The van der Waals surface area contributed by atoms with E-state index in [9.17, 15) is 18.0 Å². The number of anilines is 1. The molecule has 3 aromatic carbocycles. The van der Waals surface area contributed by atoms with E-state index in [1.165, 1.54) is 6.07 Å². The molecule has 0 bridgehead atoms. The largest absolute Gasteiger partial charge is 0.350 e. The van der Waals surface area contributed by atoms with Gasteiger partial charge in [0.2, 0.25) is 0 Å². The fourth-order valence-electron chi connectivity index (χ4n) is 3.44. The molecule has 35 heavy (non-hydrogen) atoms. The second-order valence-corrected chi connectivity index (χ2v) is 10.9. The summed E-state index contributed by atoms with van der Waals surface area (Å²) in [5.74, 6) is -0.590. The lowest BCUT2D eigenvalue weighted by Gasteiger charge is -2.21. The van der Waals surface area contributed by atoms with Gasteiger partial charge in [-0.2, -0.15) is 0 Å². The molecule has 0 aliphatic rings. The zero-order valence-corrected chi connectivity index (χ0v) is 21.2. The molecule has 0 saturated carbocycles. The van der Waals surface area contributed by atoms with Crippen LogP contribution >= 0.6 is 0 Å². The van der Waals surface area contributed by atoms with Crippen molar-refractivity contribution in [3.05, 3.63) is 95.1 Å². The van der Waals surface area contributed by atoms with Crippen LogP contribution in [0.1, 0.15) is 52.6 Å². The topological polar surface area (TPSA) is 104 Å². The van der Waals surface area contributed by atoms with Crippen LogP contribution in [0.5, 0.6) is 0 Å². The second-order valence-electron chi connectivity index (χ2n) is 9.29. The molecular weight excluding hydrogens is 462 g/mol. The SMILES string of the molecule is Cc1ccc(C(C)(C)C)cc1S(=O)(=O)Nc1cccc(C(=O)NCCNC(=O)c2ccccc2)c1. The normalized spacial score (nSPS) is 11.5. The van der Waals surface area contributed by atoms with E-state index in [1.807, 2.05) is 32.9 Å². The Kier molecular flexibility index (Phi) is 7.96. The van der Waals surface area contributed by atoms with Crippen molar-refractivity contribution in [1.82, 2.24) is 10.6 Å². The molecule has 184 valence electrons. The molecule has 8 heteroatoms. The van der Waals surface area contributed by atoms with E-state index in [4.69, 9.17) is 0 Å². The Morgan fingerprint density at radius 1 is 0.771 bits per heavy atom. The number of carbonyl (C=O) groups excluding carboxylic acids is 2. The predicted molar refractivity (Wildman–Crippen MR) is 138 cm³/mol. The van der Waals surface area contributed by atoms with Crippen LogP contribution < -0.4 is 15.4 Å². The van der Waals surface area contributed by atoms with Gasteiger partial charge in [-0.1, -0.05) is 57.2 Å². The fourth-order valence-corrected chi connectivity index (χ4v) is 4.76. The van der Waals surface area contributed by atoms with Crippen LogP contribution in [-0.2, 0) is 15.4 Å². The molecule has 0 aliphatic carbocycles. The van der Waals surface area contributed by atoms with Gasteiger partial charge in [-0.25, -0.2) is 8.42 Å². The lowest BCUT2D eigenvalue weighted by Crippen LogP contribution is -2.34. The van der Waals surface area contributed by atoms with Crippen LogP contribution in [0.4, 0.5) is 5.69 Å². The smallest absolute Gasteiger partial charge is 0.262 e. The first kappa shape index (κ1) is 26.0. The number of carbonyl (C=O) groups is 2. The highest BCUT2D eigenvalue weighted by Crippen LogP contribution is 2.28. The zero-order valence-electron chi connectivity index (χ0n) is 20.4. The first-order valence-electron chi connectivity index (χ1n) is 11.3. The summed E-state index contributed by atoms with van der Waals surface area (Å²) in [4.78, 5) is 24.8. The summed E-state index contributed by atoms with van der Waals surface area (Å²) in [5, 5.41) is 5.47. The van der Waals surface area contributed by atoms with E-state index >= 15 is 0 Å². The lowest BCUT2D eigenvalue weighted by atomic mass is 9.87. The zero-order chi connectivity index (χ0) is 25.6. The molecule has 0 aromatic heterocycles. The van der Waals surface area contributed by atoms with Gasteiger partial charge >= 0.3 is 0 Å². The van der Waals surface area contributed by atoms with Crippen LogP contribution in [-0.4, -0.2) is 33.3 Å².